The fourth-order valence-corrected chi connectivity index (χ4v) is 5.65. The number of fused-ring (bicyclic) bond motifs is 1. The van der Waals surface area contributed by atoms with E-state index in [-0.39, 0.29) is 17.3 Å². The van der Waals surface area contributed by atoms with Crippen LogP contribution in [-0.4, -0.2) is 29.4 Å². The molecular formula is C25H37NO3. The Hall–Kier alpha value is -1.84. The summed E-state index contributed by atoms with van der Waals surface area (Å²) < 4.78 is 5.21. The monoisotopic (exact) mass is 399 g/mol. The topological polar surface area (TPSA) is 46.6 Å². The zero-order chi connectivity index (χ0) is 21.3. The third kappa shape index (κ3) is 4.08. The second-order valence-corrected chi connectivity index (χ2v) is 9.45. The molecule has 1 aromatic rings. The second-order valence-electron chi connectivity index (χ2n) is 9.45. The summed E-state index contributed by atoms with van der Waals surface area (Å²) >= 11 is 0. The molecule has 160 valence electrons. The molecule has 0 aromatic heterocycles. The fraction of sp³-hybridized carbons (Fsp3) is 0.680. The predicted octanol–water partition coefficient (Wildman–Crippen LogP) is 4.82. The number of rotatable bonds is 5. The number of benzene rings is 1. The lowest BCUT2D eigenvalue weighted by Crippen LogP contribution is -2.51. The third-order valence-electron chi connectivity index (χ3n) is 7.32. The van der Waals surface area contributed by atoms with Crippen molar-refractivity contribution in [2.45, 2.75) is 99.1 Å². The molecule has 0 N–H and O–H groups in total. The summed E-state index contributed by atoms with van der Waals surface area (Å²) in [6.45, 7) is 14.0. The molecule has 0 radical (unpaired) electrons. The molecule has 1 aromatic carbocycles. The molecule has 1 atom stereocenters. The highest BCUT2D eigenvalue weighted by atomic mass is 16.5. The highest BCUT2D eigenvalue weighted by molar-refractivity contribution is 5.83. The first-order valence-electron chi connectivity index (χ1n) is 11.3. The zero-order valence-electron chi connectivity index (χ0n) is 19.1. The summed E-state index contributed by atoms with van der Waals surface area (Å²) in [6.07, 6.45) is 6.40. The maximum Gasteiger partial charge on any atom is 0.310 e. The molecular weight excluding hydrogens is 362 g/mol. The Balaban J connectivity index is 2.01. The van der Waals surface area contributed by atoms with Crippen molar-refractivity contribution >= 4 is 11.9 Å². The van der Waals surface area contributed by atoms with Gasteiger partial charge in [0.05, 0.1) is 19.4 Å². The summed E-state index contributed by atoms with van der Waals surface area (Å²) in [5, 5.41) is 0. The van der Waals surface area contributed by atoms with Gasteiger partial charge in [-0.25, -0.2) is 0 Å². The van der Waals surface area contributed by atoms with Crippen LogP contribution in [0.5, 0.6) is 0 Å². The van der Waals surface area contributed by atoms with Gasteiger partial charge in [0.25, 0.3) is 0 Å². The van der Waals surface area contributed by atoms with Gasteiger partial charge in [-0.05, 0) is 78.8 Å². The van der Waals surface area contributed by atoms with Crippen molar-refractivity contribution in [1.29, 1.82) is 0 Å². The minimum atomic E-state index is -0.183. The average Bonchev–Trinajstić information content (AvgIpc) is 2.66. The van der Waals surface area contributed by atoms with E-state index < -0.39 is 0 Å². The molecule has 0 saturated heterocycles. The first-order chi connectivity index (χ1) is 13.7. The van der Waals surface area contributed by atoms with Crippen LogP contribution in [0, 0.1) is 19.3 Å². The van der Waals surface area contributed by atoms with Gasteiger partial charge in [-0.2, -0.15) is 0 Å². The number of esters is 1. The highest BCUT2D eigenvalue weighted by Gasteiger charge is 2.41. The van der Waals surface area contributed by atoms with Crippen LogP contribution in [0.25, 0.3) is 0 Å². The lowest BCUT2D eigenvalue weighted by atomic mass is 9.71. The Morgan fingerprint density at radius 1 is 1.10 bits per heavy atom. The van der Waals surface area contributed by atoms with Gasteiger partial charge in [-0.3, -0.25) is 9.59 Å². The molecule has 4 heteroatoms. The molecule has 1 amide bonds. The average molecular weight is 400 g/mol. The van der Waals surface area contributed by atoms with Gasteiger partial charge in [-0.1, -0.05) is 33.6 Å². The van der Waals surface area contributed by atoms with Gasteiger partial charge in [0.1, 0.15) is 0 Å². The van der Waals surface area contributed by atoms with Gasteiger partial charge >= 0.3 is 5.97 Å². The summed E-state index contributed by atoms with van der Waals surface area (Å²) in [7, 11) is 0. The van der Waals surface area contributed by atoms with E-state index in [1.807, 2.05) is 6.92 Å². The Kier molecular flexibility index (Phi) is 6.40. The second kappa shape index (κ2) is 8.49. The van der Waals surface area contributed by atoms with Crippen LogP contribution in [-0.2, 0) is 40.1 Å². The molecule has 3 rings (SSSR count). The zero-order valence-corrected chi connectivity index (χ0v) is 19.1. The number of amides is 1. The molecule has 2 aliphatic rings. The van der Waals surface area contributed by atoms with Crippen molar-refractivity contribution in [3.63, 3.8) is 0 Å². The smallest absolute Gasteiger partial charge is 0.310 e. The van der Waals surface area contributed by atoms with Crippen molar-refractivity contribution < 1.29 is 14.3 Å². The number of hydrogen-bond acceptors (Lipinski definition) is 3. The van der Waals surface area contributed by atoms with Crippen molar-refractivity contribution in [3.8, 4) is 0 Å². The summed E-state index contributed by atoms with van der Waals surface area (Å²) in [4.78, 5) is 27.6. The van der Waals surface area contributed by atoms with Gasteiger partial charge < -0.3 is 9.64 Å². The van der Waals surface area contributed by atoms with Crippen molar-refractivity contribution in [3.05, 3.63) is 33.4 Å². The quantitative estimate of drug-likeness (QED) is 0.667. The van der Waals surface area contributed by atoms with Crippen LogP contribution in [0.15, 0.2) is 0 Å². The van der Waals surface area contributed by atoms with Crippen LogP contribution < -0.4 is 0 Å². The Labute approximate surface area is 176 Å². The van der Waals surface area contributed by atoms with E-state index in [1.54, 1.807) is 0 Å². The summed E-state index contributed by atoms with van der Waals surface area (Å²) in [5.41, 5.74) is 7.34. The molecule has 4 nitrogen and oxygen atoms in total. The van der Waals surface area contributed by atoms with E-state index in [4.69, 9.17) is 4.74 Å². The lowest BCUT2D eigenvalue weighted by molar-refractivity contribution is -0.142. The van der Waals surface area contributed by atoms with Gasteiger partial charge in [0, 0.05) is 12.6 Å². The van der Waals surface area contributed by atoms with Gasteiger partial charge in [0.2, 0.25) is 5.91 Å². The Morgan fingerprint density at radius 2 is 1.79 bits per heavy atom. The van der Waals surface area contributed by atoms with E-state index in [0.717, 1.165) is 29.5 Å². The maximum atomic E-state index is 13.2. The lowest BCUT2D eigenvalue weighted by Gasteiger charge is -2.47. The van der Waals surface area contributed by atoms with Crippen molar-refractivity contribution in [2.24, 2.45) is 5.41 Å². The number of hydrogen-bond donors (Lipinski definition) is 0. The SMILES string of the molecule is CCOC(=O)Cc1c(C)c2c(c(C)c1CC)CN(C1CCCCC1(C)C)C(=O)C2. The van der Waals surface area contributed by atoms with Gasteiger partial charge in [0.15, 0.2) is 0 Å². The molecule has 1 unspecified atom stereocenters. The molecule has 1 fully saturated rings. The summed E-state index contributed by atoms with van der Waals surface area (Å²) in [5.74, 6) is 0.0590. The van der Waals surface area contributed by atoms with Gasteiger partial charge in [-0.15, -0.1) is 0 Å². The molecule has 1 saturated carbocycles. The molecule has 1 aliphatic carbocycles. The van der Waals surface area contributed by atoms with Crippen molar-refractivity contribution in [1.82, 2.24) is 4.90 Å². The minimum Gasteiger partial charge on any atom is -0.466 e. The van der Waals surface area contributed by atoms with Crippen molar-refractivity contribution in [2.75, 3.05) is 6.61 Å². The standard InChI is InChI=1S/C25H37NO3/c1-7-18-16(3)21-15-26(22-11-9-10-12-25(22,5)6)23(27)13-19(21)17(4)20(18)14-24(28)29-8-2/h22H,7-15H2,1-6H3. The Bertz CT molecular complexity index is 809. The summed E-state index contributed by atoms with van der Waals surface area (Å²) in [6, 6.07) is 0.320. The number of carbonyl (C=O) groups is 2. The van der Waals surface area contributed by atoms with Crippen LogP contribution in [0.3, 0.4) is 0 Å². The van der Waals surface area contributed by atoms with Crippen LogP contribution >= 0.6 is 0 Å². The molecule has 0 spiro atoms. The van der Waals surface area contributed by atoms with E-state index in [2.05, 4.69) is 39.5 Å². The largest absolute Gasteiger partial charge is 0.466 e. The first kappa shape index (κ1) is 21.9. The van der Waals surface area contributed by atoms with E-state index in [1.165, 1.54) is 36.0 Å². The molecule has 1 heterocycles. The fourth-order valence-electron chi connectivity index (χ4n) is 5.65. The third-order valence-corrected chi connectivity index (χ3v) is 7.32. The maximum absolute atomic E-state index is 13.2. The number of nitrogens with zero attached hydrogens (tertiary/aromatic N) is 1. The number of ether oxygens (including phenoxy) is 1. The van der Waals surface area contributed by atoms with Crippen LogP contribution in [0.1, 0.15) is 86.8 Å². The van der Waals surface area contributed by atoms with E-state index in [9.17, 15) is 9.59 Å². The van der Waals surface area contributed by atoms with E-state index >= 15 is 0 Å². The number of carbonyl (C=O) groups excluding carboxylic acids is 2. The van der Waals surface area contributed by atoms with Crippen LogP contribution in [0.2, 0.25) is 0 Å². The van der Waals surface area contributed by atoms with E-state index in [0.29, 0.717) is 32.0 Å². The highest BCUT2D eigenvalue weighted by Crippen LogP contribution is 2.42. The van der Waals surface area contributed by atoms with Crippen LogP contribution in [0.4, 0.5) is 0 Å². The molecule has 1 aliphatic heterocycles. The first-order valence-corrected chi connectivity index (χ1v) is 11.3. The Morgan fingerprint density at radius 3 is 2.41 bits per heavy atom. The predicted molar refractivity (Wildman–Crippen MR) is 116 cm³/mol. The minimum absolute atomic E-state index is 0.172. The molecule has 29 heavy (non-hydrogen) atoms. The molecule has 0 bridgehead atoms. The normalized spacial score (nSPS) is 21.1.